The first-order valence-corrected chi connectivity index (χ1v) is 7.50. The van der Waals surface area contributed by atoms with Crippen molar-refractivity contribution in [2.45, 2.75) is 59.2 Å². The third kappa shape index (κ3) is 2.90. The van der Waals surface area contributed by atoms with Crippen LogP contribution in [0.4, 0.5) is 0 Å². The van der Waals surface area contributed by atoms with Crippen molar-refractivity contribution in [3.63, 3.8) is 0 Å². The molecule has 0 amide bonds. The van der Waals surface area contributed by atoms with Gasteiger partial charge in [-0.3, -0.25) is 4.68 Å². The SMILES string of the molecule is Cc1nn(CCO)c(C)c1CNC1CCCC1(C)CO. The summed E-state index contributed by atoms with van der Waals surface area (Å²) in [4.78, 5) is 0. The average Bonchev–Trinajstić information content (AvgIpc) is 2.91. The number of rotatable bonds is 6. The van der Waals surface area contributed by atoms with Gasteiger partial charge in [0, 0.05) is 35.9 Å². The summed E-state index contributed by atoms with van der Waals surface area (Å²) in [6, 6.07) is 0.368. The predicted octanol–water partition coefficient (Wildman–Crippen LogP) is 1.13. The van der Waals surface area contributed by atoms with E-state index in [1.807, 2.05) is 18.5 Å². The van der Waals surface area contributed by atoms with Crippen LogP contribution in [0.5, 0.6) is 0 Å². The van der Waals surface area contributed by atoms with E-state index >= 15 is 0 Å². The van der Waals surface area contributed by atoms with Gasteiger partial charge in [0.1, 0.15) is 0 Å². The molecule has 1 saturated carbocycles. The summed E-state index contributed by atoms with van der Waals surface area (Å²) in [5.74, 6) is 0. The smallest absolute Gasteiger partial charge is 0.0644 e. The highest BCUT2D eigenvalue weighted by Gasteiger charge is 2.37. The number of aryl methyl sites for hydroxylation is 1. The summed E-state index contributed by atoms with van der Waals surface area (Å²) in [5.41, 5.74) is 3.36. The van der Waals surface area contributed by atoms with E-state index < -0.39 is 0 Å². The second-order valence-electron chi connectivity index (χ2n) is 6.23. The zero-order valence-electron chi connectivity index (χ0n) is 12.8. The van der Waals surface area contributed by atoms with Crippen molar-refractivity contribution in [1.82, 2.24) is 15.1 Å². The molecule has 1 heterocycles. The van der Waals surface area contributed by atoms with E-state index in [9.17, 15) is 5.11 Å². The highest BCUT2D eigenvalue weighted by atomic mass is 16.3. The molecule has 1 aliphatic rings. The van der Waals surface area contributed by atoms with Gasteiger partial charge in [0.05, 0.1) is 18.8 Å². The summed E-state index contributed by atoms with van der Waals surface area (Å²) >= 11 is 0. The van der Waals surface area contributed by atoms with Crippen LogP contribution < -0.4 is 5.32 Å². The zero-order valence-corrected chi connectivity index (χ0v) is 12.8. The van der Waals surface area contributed by atoms with Crippen molar-refractivity contribution in [2.24, 2.45) is 5.41 Å². The molecule has 1 aromatic heterocycles. The van der Waals surface area contributed by atoms with Crippen LogP contribution in [0.25, 0.3) is 0 Å². The van der Waals surface area contributed by atoms with Gasteiger partial charge in [-0.25, -0.2) is 0 Å². The Bertz CT molecular complexity index is 458. The first kappa shape index (κ1) is 15.5. The number of aliphatic hydroxyl groups is 2. The normalized spacial score (nSPS) is 26.4. The van der Waals surface area contributed by atoms with Crippen molar-refractivity contribution in [3.8, 4) is 0 Å². The van der Waals surface area contributed by atoms with Crippen LogP contribution in [0.2, 0.25) is 0 Å². The molecule has 0 aliphatic heterocycles. The number of aliphatic hydroxyl groups excluding tert-OH is 2. The lowest BCUT2D eigenvalue weighted by atomic mass is 9.85. The van der Waals surface area contributed by atoms with Crippen molar-refractivity contribution in [3.05, 3.63) is 17.0 Å². The minimum Gasteiger partial charge on any atom is -0.396 e. The lowest BCUT2D eigenvalue weighted by Gasteiger charge is -2.30. The lowest BCUT2D eigenvalue weighted by Crippen LogP contribution is -2.41. The molecule has 0 spiro atoms. The molecule has 0 saturated heterocycles. The zero-order chi connectivity index (χ0) is 14.8. The summed E-state index contributed by atoms with van der Waals surface area (Å²) in [6.07, 6.45) is 3.39. The standard InChI is InChI=1S/C15H27N3O2/c1-11-13(12(2)18(17-11)7-8-19)9-16-14-5-4-6-15(14,3)10-20/h14,16,19-20H,4-10H2,1-3H3. The molecule has 2 unspecified atom stereocenters. The second-order valence-corrected chi connectivity index (χ2v) is 6.23. The van der Waals surface area contributed by atoms with E-state index in [0.29, 0.717) is 12.6 Å². The molecule has 1 aromatic rings. The molecule has 5 nitrogen and oxygen atoms in total. The van der Waals surface area contributed by atoms with Gasteiger partial charge in [0.2, 0.25) is 0 Å². The van der Waals surface area contributed by atoms with Crippen LogP contribution in [0.3, 0.4) is 0 Å². The summed E-state index contributed by atoms with van der Waals surface area (Å²) in [6.45, 7) is 7.90. The van der Waals surface area contributed by atoms with Crippen molar-refractivity contribution < 1.29 is 10.2 Å². The quantitative estimate of drug-likeness (QED) is 0.731. The molecular formula is C15H27N3O2. The fraction of sp³-hybridized carbons (Fsp3) is 0.800. The van der Waals surface area contributed by atoms with Crippen molar-refractivity contribution >= 4 is 0 Å². The monoisotopic (exact) mass is 281 g/mol. The Morgan fingerprint density at radius 3 is 2.80 bits per heavy atom. The van der Waals surface area contributed by atoms with Crippen LogP contribution in [-0.4, -0.2) is 39.2 Å². The second kappa shape index (κ2) is 6.24. The van der Waals surface area contributed by atoms with Crippen LogP contribution in [0.15, 0.2) is 0 Å². The third-order valence-corrected chi connectivity index (χ3v) is 4.81. The molecule has 0 radical (unpaired) electrons. The van der Waals surface area contributed by atoms with Gasteiger partial charge in [-0.2, -0.15) is 5.10 Å². The van der Waals surface area contributed by atoms with E-state index in [1.165, 1.54) is 12.0 Å². The number of aromatic nitrogens is 2. The van der Waals surface area contributed by atoms with Crippen molar-refractivity contribution in [2.75, 3.05) is 13.2 Å². The molecule has 114 valence electrons. The minimum atomic E-state index is 0.00288. The Morgan fingerprint density at radius 1 is 1.40 bits per heavy atom. The number of hydrogen-bond acceptors (Lipinski definition) is 4. The van der Waals surface area contributed by atoms with Gasteiger partial charge in [-0.05, 0) is 26.7 Å². The molecule has 2 atom stereocenters. The van der Waals surface area contributed by atoms with E-state index in [0.717, 1.165) is 30.8 Å². The molecule has 1 aliphatic carbocycles. The summed E-state index contributed by atoms with van der Waals surface area (Å²) in [5, 5.41) is 26.7. The highest BCUT2D eigenvalue weighted by molar-refractivity contribution is 5.24. The fourth-order valence-corrected chi connectivity index (χ4v) is 3.30. The van der Waals surface area contributed by atoms with Crippen LogP contribution in [0.1, 0.15) is 43.1 Å². The molecule has 2 rings (SSSR count). The molecule has 0 bridgehead atoms. The topological polar surface area (TPSA) is 70.3 Å². The maximum atomic E-state index is 9.59. The van der Waals surface area contributed by atoms with Crippen molar-refractivity contribution in [1.29, 1.82) is 0 Å². The van der Waals surface area contributed by atoms with Gasteiger partial charge in [0.25, 0.3) is 0 Å². The maximum Gasteiger partial charge on any atom is 0.0644 e. The lowest BCUT2D eigenvalue weighted by molar-refractivity contribution is 0.118. The largest absolute Gasteiger partial charge is 0.396 e. The van der Waals surface area contributed by atoms with Crippen LogP contribution in [0, 0.1) is 19.3 Å². The Labute approximate surface area is 121 Å². The Hall–Kier alpha value is -0.910. The molecule has 20 heavy (non-hydrogen) atoms. The molecule has 3 N–H and O–H groups in total. The summed E-state index contributed by atoms with van der Waals surface area (Å²) in [7, 11) is 0. The number of nitrogens with zero attached hydrogens (tertiary/aromatic N) is 2. The first-order chi connectivity index (χ1) is 9.51. The van der Waals surface area contributed by atoms with Gasteiger partial charge >= 0.3 is 0 Å². The van der Waals surface area contributed by atoms with Gasteiger partial charge in [-0.15, -0.1) is 0 Å². The number of hydrogen-bond donors (Lipinski definition) is 3. The number of nitrogens with one attached hydrogen (secondary N) is 1. The maximum absolute atomic E-state index is 9.59. The Balaban J connectivity index is 2.04. The predicted molar refractivity (Wildman–Crippen MR) is 78.5 cm³/mol. The molecule has 0 aromatic carbocycles. The van der Waals surface area contributed by atoms with Crippen LogP contribution in [-0.2, 0) is 13.1 Å². The minimum absolute atomic E-state index is 0.00288. The Morgan fingerprint density at radius 2 is 2.15 bits per heavy atom. The van der Waals surface area contributed by atoms with E-state index in [-0.39, 0.29) is 18.6 Å². The fourth-order valence-electron chi connectivity index (χ4n) is 3.30. The molecule has 1 fully saturated rings. The van der Waals surface area contributed by atoms with Gasteiger partial charge in [0.15, 0.2) is 0 Å². The average molecular weight is 281 g/mol. The molecule has 5 heteroatoms. The Kier molecular flexibility index (Phi) is 4.83. The van der Waals surface area contributed by atoms with Crippen LogP contribution >= 0.6 is 0 Å². The van der Waals surface area contributed by atoms with E-state index in [2.05, 4.69) is 17.3 Å². The highest BCUT2D eigenvalue weighted by Crippen LogP contribution is 2.37. The third-order valence-electron chi connectivity index (χ3n) is 4.81. The first-order valence-electron chi connectivity index (χ1n) is 7.50. The summed E-state index contributed by atoms with van der Waals surface area (Å²) < 4.78 is 1.87. The van der Waals surface area contributed by atoms with E-state index in [4.69, 9.17) is 5.11 Å². The molecular weight excluding hydrogens is 254 g/mol. The van der Waals surface area contributed by atoms with Gasteiger partial charge in [-0.1, -0.05) is 13.3 Å². The van der Waals surface area contributed by atoms with Gasteiger partial charge < -0.3 is 15.5 Å². The van der Waals surface area contributed by atoms with E-state index in [1.54, 1.807) is 0 Å².